The number of hydrazone groups is 1. The summed E-state index contributed by atoms with van der Waals surface area (Å²) in [6, 6.07) is 11.2. The molecule has 28 heavy (non-hydrogen) atoms. The summed E-state index contributed by atoms with van der Waals surface area (Å²) in [5, 5.41) is 16.8. The quantitative estimate of drug-likeness (QED) is 0.561. The number of carbonyl (C=O) groups is 1. The van der Waals surface area contributed by atoms with Gasteiger partial charge in [-0.1, -0.05) is 6.07 Å². The summed E-state index contributed by atoms with van der Waals surface area (Å²) in [4.78, 5) is 23.2. The van der Waals surface area contributed by atoms with E-state index >= 15 is 0 Å². The van der Waals surface area contributed by atoms with Crippen molar-refractivity contribution in [2.24, 2.45) is 5.10 Å². The van der Waals surface area contributed by atoms with Crippen molar-refractivity contribution in [3.8, 4) is 11.5 Å². The van der Waals surface area contributed by atoms with E-state index in [0.29, 0.717) is 24.7 Å². The van der Waals surface area contributed by atoms with Gasteiger partial charge in [0.05, 0.1) is 24.4 Å². The Morgan fingerprint density at radius 3 is 2.79 bits per heavy atom. The lowest BCUT2D eigenvalue weighted by molar-refractivity contribution is -0.384. The van der Waals surface area contributed by atoms with Crippen molar-refractivity contribution in [3.63, 3.8) is 0 Å². The molecule has 0 fully saturated rings. The zero-order chi connectivity index (χ0) is 20.1. The Labute approximate surface area is 162 Å². The van der Waals surface area contributed by atoms with Crippen LogP contribution in [0.4, 0.5) is 5.69 Å². The molecule has 0 saturated heterocycles. The van der Waals surface area contributed by atoms with Crippen LogP contribution < -0.4 is 9.47 Å². The zero-order valence-electron chi connectivity index (χ0n) is 15.8. The maximum Gasteiger partial charge on any atom is 0.274 e. The molecule has 0 spiro atoms. The maximum absolute atomic E-state index is 12.8. The fraction of sp³-hybridized carbons (Fsp3) is 0.300. The Hall–Kier alpha value is -3.42. The van der Waals surface area contributed by atoms with E-state index in [1.165, 1.54) is 23.2 Å². The average Bonchev–Trinajstić information content (AvgIpc) is 2.73. The minimum atomic E-state index is -0.520. The zero-order valence-corrected chi connectivity index (χ0v) is 15.8. The van der Waals surface area contributed by atoms with Gasteiger partial charge in [0.1, 0.15) is 0 Å². The van der Waals surface area contributed by atoms with Gasteiger partial charge < -0.3 is 9.47 Å². The molecule has 0 saturated carbocycles. The van der Waals surface area contributed by atoms with Crippen LogP contribution in [0.2, 0.25) is 0 Å². The first-order chi connectivity index (χ1) is 13.5. The molecule has 146 valence electrons. The van der Waals surface area contributed by atoms with Crippen molar-refractivity contribution in [2.45, 2.75) is 19.8 Å². The molecule has 0 aliphatic carbocycles. The molecule has 8 nitrogen and oxygen atoms in total. The largest absolute Gasteiger partial charge is 0.493 e. The highest BCUT2D eigenvalue weighted by molar-refractivity contribution is 6.03. The first-order valence-corrected chi connectivity index (χ1v) is 8.98. The molecule has 0 unspecified atom stereocenters. The molecule has 3 rings (SSSR count). The second kappa shape index (κ2) is 8.51. The van der Waals surface area contributed by atoms with Crippen LogP contribution in [-0.4, -0.2) is 41.8 Å². The van der Waals surface area contributed by atoms with Crippen LogP contribution in [0, 0.1) is 10.1 Å². The van der Waals surface area contributed by atoms with Crippen LogP contribution in [0.15, 0.2) is 47.6 Å². The number of methoxy groups -OCH3 is 1. The van der Waals surface area contributed by atoms with Crippen molar-refractivity contribution in [1.82, 2.24) is 5.01 Å². The summed E-state index contributed by atoms with van der Waals surface area (Å²) in [7, 11) is 1.58. The molecule has 8 heteroatoms. The van der Waals surface area contributed by atoms with Gasteiger partial charge in [-0.25, -0.2) is 5.01 Å². The molecule has 1 aliphatic rings. The monoisotopic (exact) mass is 383 g/mol. The Morgan fingerprint density at radius 2 is 2.07 bits per heavy atom. The van der Waals surface area contributed by atoms with E-state index in [2.05, 4.69) is 5.10 Å². The van der Waals surface area contributed by atoms with Crippen molar-refractivity contribution in [3.05, 3.63) is 63.7 Å². The predicted octanol–water partition coefficient (Wildman–Crippen LogP) is 3.64. The van der Waals surface area contributed by atoms with Crippen LogP contribution in [0.1, 0.15) is 35.7 Å². The Bertz CT molecular complexity index is 926. The van der Waals surface area contributed by atoms with Crippen LogP contribution >= 0.6 is 0 Å². The third-order valence-electron chi connectivity index (χ3n) is 4.36. The van der Waals surface area contributed by atoms with E-state index in [1.54, 1.807) is 13.2 Å². The number of hydrogen-bond donors (Lipinski definition) is 0. The number of nitro benzene ring substituents is 1. The maximum atomic E-state index is 12.8. The number of non-ortho nitro benzene ring substituents is 1. The van der Waals surface area contributed by atoms with Gasteiger partial charge in [-0.15, -0.1) is 0 Å². The number of rotatable bonds is 6. The smallest absolute Gasteiger partial charge is 0.274 e. The van der Waals surface area contributed by atoms with Crippen LogP contribution in [0.25, 0.3) is 0 Å². The predicted molar refractivity (Wildman–Crippen MR) is 104 cm³/mol. The van der Waals surface area contributed by atoms with Gasteiger partial charge in [0.2, 0.25) is 0 Å². The fourth-order valence-corrected chi connectivity index (χ4v) is 3.02. The number of carbonyl (C=O) groups excluding carboxylic acids is 1. The highest BCUT2D eigenvalue weighted by Gasteiger charge is 2.22. The Kier molecular flexibility index (Phi) is 5.88. The molecule has 1 aliphatic heterocycles. The number of nitro groups is 1. The minimum absolute atomic E-state index is 0.122. The molecule has 0 aromatic heterocycles. The highest BCUT2D eigenvalue weighted by atomic mass is 16.6. The van der Waals surface area contributed by atoms with E-state index in [1.807, 2.05) is 25.1 Å². The lowest BCUT2D eigenvalue weighted by atomic mass is 10.0. The third-order valence-corrected chi connectivity index (χ3v) is 4.36. The van der Waals surface area contributed by atoms with Gasteiger partial charge in [-0.3, -0.25) is 14.9 Å². The van der Waals surface area contributed by atoms with Gasteiger partial charge in [-0.2, -0.15) is 5.10 Å². The first-order valence-electron chi connectivity index (χ1n) is 8.98. The van der Waals surface area contributed by atoms with Gasteiger partial charge >= 0.3 is 0 Å². The van der Waals surface area contributed by atoms with Gasteiger partial charge in [0.25, 0.3) is 11.6 Å². The average molecular weight is 383 g/mol. The standard InChI is InChI=1S/C20H21N3O5/c1-3-28-19-13-14(9-10-18(19)27-2)17-8-5-11-22(21-17)20(24)15-6-4-7-16(12-15)23(25)26/h4,6-7,9-10,12-13H,3,5,8,11H2,1-2H3. The number of hydrogen-bond acceptors (Lipinski definition) is 6. The second-order valence-corrected chi connectivity index (χ2v) is 6.18. The minimum Gasteiger partial charge on any atom is -0.493 e. The van der Waals surface area contributed by atoms with Gasteiger partial charge in [0.15, 0.2) is 11.5 Å². The van der Waals surface area contributed by atoms with Crippen molar-refractivity contribution < 1.29 is 19.2 Å². The fourth-order valence-electron chi connectivity index (χ4n) is 3.02. The molecule has 0 N–H and O–H groups in total. The molecule has 0 atom stereocenters. The second-order valence-electron chi connectivity index (χ2n) is 6.18. The van der Waals surface area contributed by atoms with Crippen molar-refractivity contribution in [2.75, 3.05) is 20.3 Å². The number of amides is 1. The molecular weight excluding hydrogens is 362 g/mol. The van der Waals surface area contributed by atoms with Gasteiger partial charge in [0, 0.05) is 29.8 Å². The normalized spacial score (nSPS) is 13.6. The molecule has 1 heterocycles. The van der Waals surface area contributed by atoms with E-state index < -0.39 is 4.92 Å². The van der Waals surface area contributed by atoms with E-state index in [4.69, 9.17) is 9.47 Å². The summed E-state index contributed by atoms with van der Waals surface area (Å²) in [5.41, 5.74) is 1.72. The topological polar surface area (TPSA) is 94.3 Å². The summed E-state index contributed by atoms with van der Waals surface area (Å²) in [5.74, 6) is 0.887. The number of ether oxygens (including phenoxy) is 2. The van der Waals surface area contributed by atoms with Crippen LogP contribution in [0.3, 0.4) is 0 Å². The Morgan fingerprint density at radius 1 is 1.25 bits per heavy atom. The summed E-state index contributed by atoms with van der Waals surface area (Å²) in [6.07, 6.45) is 1.46. The molecular formula is C20H21N3O5. The summed E-state index contributed by atoms with van der Waals surface area (Å²) in [6.45, 7) is 2.85. The molecule has 0 bridgehead atoms. The van der Waals surface area contributed by atoms with Crippen LogP contribution in [0.5, 0.6) is 11.5 Å². The lowest BCUT2D eigenvalue weighted by Gasteiger charge is -2.24. The Balaban J connectivity index is 1.89. The van der Waals surface area contributed by atoms with E-state index in [9.17, 15) is 14.9 Å². The molecule has 2 aromatic carbocycles. The lowest BCUT2D eigenvalue weighted by Crippen LogP contribution is -2.32. The molecule has 2 aromatic rings. The third kappa shape index (κ3) is 4.11. The molecule has 0 radical (unpaired) electrons. The van der Waals surface area contributed by atoms with Crippen molar-refractivity contribution in [1.29, 1.82) is 0 Å². The van der Waals surface area contributed by atoms with E-state index in [-0.39, 0.29) is 17.2 Å². The van der Waals surface area contributed by atoms with Crippen LogP contribution in [-0.2, 0) is 0 Å². The summed E-state index contributed by atoms with van der Waals surface area (Å²) < 4.78 is 10.9. The van der Waals surface area contributed by atoms with Crippen molar-refractivity contribution >= 4 is 17.3 Å². The SMILES string of the molecule is CCOc1cc(C2=NN(C(=O)c3cccc([N+](=O)[O-])c3)CCC2)ccc1OC. The van der Waals surface area contributed by atoms with E-state index in [0.717, 1.165) is 24.1 Å². The number of nitrogens with zero attached hydrogens (tertiary/aromatic N) is 3. The number of benzene rings is 2. The highest BCUT2D eigenvalue weighted by Crippen LogP contribution is 2.29. The first kappa shape index (κ1) is 19.3. The summed E-state index contributed by atoms with van der Waals surface area (Å²) >= 11 is 0. The van der Waals surface area contributed by atoms with Gasteiger partial charge in [-0.05, 0) is 44.0 Å². The molecule has 1 amide bonds.